The molecule has 1 amide bonds. The molecule has 5 nitrogen and oxygen atoms in total. The standard InChI is InChI=1S/C20H18N2O3S/c1-3-25-20(24)17-16(14-9-5-4-6-10-14)13(2)26-19(17)22-18(23)15-11-7-8-12-21-15/h4-12H,3H2,1-2H3,(H,22,23). The summed E-state index contributed by atoms with van der Waals surface area (Å²) in [5.41, 5.74) is 2.35. The number of nitrogens with zero attached hydrogens (tertiary/aromatic N) is 1. The van der Waals surface area contributed by atoms with E-state index in [0.29, 0.717) is 10.6 Å². The monoisotopic (exact) mass is 366 g/mol. The first-order chi connectivity index (χ1) is 12.6. The van der Waals surface area contributed by atoms with E-state index in [2.05, 4.69) is 10.3 Å². The first-order valence-corrected chi connectivity index (χ1v) is 9.01. The molecular weight excluding hydrogens is 348 g/mol. The van der Waals surface area contributed by atoms with E-state index in [1.54, 1.807) is 31.3 Å². The van der Waals surface area contributed by atoms with Crippen molar-refractivity contribution in [2.24, 2.45) is 0 Å². The van der Waals surface area contributed by atoms with Gasteiger partial charge in [-0.15, -0.1) is 11.3 Å². The lowest BCUT2D eigenvalue weighted by Gasteiger charge is -2.09. The maximum Gasteiger partial charge on any atom is 0.341 e. The number of rotatable bonds is 5. The van der Waals surface area contributed by atoms with Crippen molar-refractivity contribution < 1.29 is 14.3 Å². The second kappa shape index (κ2) is 7.93. The molecule has 0 aliphatic carbocycles. The third kappa shape index (κ3) is 3.65. The Labute approximate surface area is 155 Å². The van der Waals surface area contributed by atoms with Gasteiger partial charge in [-0.1, -0.05) is 36.4 Å². The molecule has 0 bridgehead atoms. The number of benzene rings is 1. The molecule has 26 heavy (non-hydrogen) atoms. The number of pyridine rings is 1. The van der Waals surface area contributed by atoms with E-state index in [4.69, 9.17) is 4.74 Å². The average molecular weight is 366 g/mol. The van der Waals surface area contributed by atoms with Crippen LogP contribution in [-0.2, 0) is 4.74 Å². The summed E-state index contributed by atoms with van der Waals surface area (Å²) in [6.07, 6.45) is 1.55. The molecule has 1 aromatic carbocycles. The summed E-state index contributed by atoms with van der Waals surface area (Å²) in [4.78, 5) is 30.1. The van der Waals surface area contributed by atoms with E-state index in [9.17, 15) is 9.59 Å². The highest BCUT2D eigenvalue weighted by Gasteiger charge is 2.25. The van der Waals surface area contributed by atoms with Crippen LogP contribution in [0.2, 0.25) is 0 Å². The van der Waals surface area contributed by atoms with Gasteiger partial charge in [-0.05, 0) is 31.5 Å². The Hall–Kier alpha value is -2.99. The Morgan fingerprint density at radius 1 is 1.12 bits per heavy atom. The highest BCUT2D eigenvalue weighted by Crippen LogP contribution is 2.40. The molecule has 2 heterocycles. The van der Waals surface area contributed by atoms with E-state index in [0.717, 1.165) is 16.0 Å². The maximum atomic E-state index is 12.6. The van der Waals surface area contributed by atoms with Crippen LogP contribution in [0.4, 0.5) is 5.00 Å². The first kappa shape index (κ1) is 17.8. The molecule has 0 unspecified atom stereocenters. The topological polar surface area (TPSA) is 68.3 Å². The predicted octanol–water partition coefficient (Wildman–Crippen LogP) is 4.55. The quantitative estimate of drug-likeness (QED) is 0.673. The fourth-order valence-corrected chi connectivity index (χ4v) is 3.71. The van der Waals surface area contributed by atoms with Crippen LogP contribution in [0, 0.1) is 6.92 Å². The van der Waals surface area contributed by atoms with Crippen molar-refractivity contribution in [2.75, 3.05) is 11.9 Å². The fourth-order valence-electron chi connectivity index (χ4n) is 2.65. The van der Waals surface area contributed by atoms with Crippen LogP contribution in [0.5, 0.6) is 0 Å². The van der Waals surface area contributed by atoms with Gasteiger partial charge in [-0.3, -0.25) is 9.78 Å². The second-order valence-electron chi connectivity index (χ2n) is 5.49. The molecule has 6 heteroatoms. The van der Waals surface area contributed by atoms with Crippen molar-refractivity contribution in [3.63, 3.8) is 0 Å². The summed E-state index contributed by atoms with van der Waals surface area (Å²) >= 11 is 1.35. The van der Waals surface area contributed by atoms with Crippen LogP contribution in [0.3, 0.4) is 0 Å². The largest absolute Gasteiger partial charge is 0.462 e. The third-order valence-corrected chi connectivity index (χ3v) is 4.77. The SMILES string of the molecule is CCOC(=O)c1c(NC(=O)c2ccccn2)sc(C)c1-c1ccccc1. The summed E-state index contributed by atoms with van der Waals surface area (Å²) in [6, 6.07) is 14.7. The molecule has 132 valence electrons. The number of hydrogen-bond acceptors (Lipinski definition) is 5. The van der Waals surface area contributed by atoms with Gasteiger partial charge in [0.05, 0.1) is 6.61 Å². The van der Waals surface area contributed by atoms with Crippen molar-refractivity contribution in [3.8, 4) is 11.1 Å². The molecule has 0 radical (unpaired) electrons. The van der Waals surface area contributed by atoms with E-state index < -0.39 is 5.97 Å². The second-order valence-corrected chi connectivity index (χ2v) is 6.72. The van der Waals surface area contributed by atoms with Gasteiger partial charge < -0.3 is 10.1 Å². The Balaban J connectivity index is 2.05. The number of carbonyl (C=O) groups is 2. The van der Waals surface area contributed by atoms with Crippen LogP contribution in [0.15, 0.2) is 54.7 Å². The molecule has 0 spiro atoms. The summed E-state index contributed by atoms with van der Waals surface area (Å²) in [5, 5.41) is 3.28. The Bertz CT molecular complexity index is 921. The highest BCUT2D eigenvalue weighted by molar-refractivity contribution is 7.17. The van der Waals surface area contributed by atoms with Gasteiger partial charge in [0, 0.05) is 16.6 Å². The van der Waals surface area contributed by atoms with Gasteiger partial charge in [-0.2, -0.15) is 0 Å². The van der Waals surface area contributed by atoms with Crippen molar-refractivity contribution in [1.29, 1.82) is 0 Å². The number of esters is 1. The average Bonchev–Trinajstić information content (AvgIpc) is 2.99. The summed E-state index contributed by atoms with van der Waals surface area (Å²) < 4.78 is 5.23. The zero-order valence-electron chi connectivity index (χ0n) is 14.5. The molecule has 3 rings (SSSR count). The van der Waals surface area contributed by atoms with Crippen molar-refractivity contribution >= 4 is 28.2 Å². The molecule has 0 aliphatic heterocycles. The number of hydrogen-bond donors (Lipinski definition) is 1. The number of aryl methyl sites for hydroxylation is 1. The molecule has 0 atom stereocenters. The molecular formula is C20H18N2O3S. The molecule has 0 saturated carbocycles. The molecule has 2 aromatic heterocycles. The zero-order valence-corrected chi connectivity index (χ0v) is 15.3. The Kier molecular flexibility index (Phi) is 5.43. The minimum absolute atomic E-state index is 0.260. The fraction of sp³-hybridized carbons (Fsp3) is 0.150. The van der Waals surface area contributed by atoms with Crippen LogP contribution in [-0.4, -0.2) is 23.5 Å². The number of aromatic nitrogens is 1. The van der Waals surface area contributed by atoms with Crippen LogP contribution in [0.1, 0.15) is 32.6 Å². The van der Waals surface area contributed by atoms with E-state index in [1.165, 1.54) is 11.3 Å². The van der Waals surface area contributed by atoms with Crippen molar-refractivity contribution in [1.82, 2.24) is 4.98 Å². The lowest BCUT2D eigenvalue weighted by Crippen LogP contribution is -2.15. The molecule has 0 saturated heterocycles. The first-order valence-electron chi connectivity index (χ1n) is 8.20. The minimum atomic E-state index is -0.452. The van der Waals surface area contributed by atoms with Gasteiger partial charge in [0.1, 0.15) is 16.3 Å². The molecule has 3 aromatic rings. The van der Waals surface area contributed by atoms with Crippen molar-refractivity contribution in [2.45, 2.75) is 13.8 Å². The number of amides is 1. The van der Waals surface area contributed by atoms with Gasteiger partial charge in [0.15, 0.2) is 0 Å². The van der Waals surface area contributed by atoms with Crippen LogP contribution >= 0.6 is 11.3 Å². The number of nitrogens with one attached hydrogen (secondary N) is 1. The number of ether oxygens (including phenoxy) is 1. The van der Waals surface area contributed by atoms with Gasteiger partial charge >= 0.3 is 5.97 Å². The summed E-state index contributed by atoms with van der Waals surface area (Å²) in [7, 11) is 0. The number of thiophene rings is 1. The van der Waals surface area contributed by atoms with Gasteiger partial charge in [-0.25, -0.2) is 4.79 Å². The maximum absolute atomic E-state index is 12.6. The Morgan fingerprint density at radius 2 is 1.85 bits per heavy atom. The lowest BCUT2D eigenvalue weighted by atomic mass is 10.0. The third-order valence-electron chi connectivity index (χ3n) is 3.75. The minimum Gasteiger partial charge on any atom is -0.462 e. The predicted molar refractivity (Wildman–Crippen MR) is 103 cm³/mol. The van der Waals surface area contributed by atoms with E-state index in [-0.39, 0.29) is 18.2 Å². The summed E-state index contributed by atoms with van der Waals surface area (Å²) in [5.74, 6) is -0.816. The number of anilines is 1. The van der Waals surface area contributed by atoms with Gasteiger partial charge in [0.2, 0.25) is 0 Å². The number of carbonyl (C=O) groups excluding carboxylic acids is 2. The summed E-state index contributed by atoms with van der Waals surface area (Å²) in [6.45, 7) is 3.94. The highest BCUT2D eigenvalue weighted by atomic mass is 32.1. The van der Waals surface area contributed by atoms with Crippen LogP contribution < -0.4 is 5.32 Å². The zero-order chi connectivity index (χ0) is 18.5. The molecule has 0 fully saturated rings. The molecule has 0 aliphatic rings. The molecule has 1 N–H and O–H groups in total. The Morgan fingerprint density at radius 3 is 2.50 bits per heavy atom. The van der Waals surface area contributed by atoms with E-state index in [1.807, 2.05) is 37.3 Å². The smallest absolute Gasteiger partial charge is 0.341 e. The van der Waals surface area contributed by atoms with Gasteiger partial charge in [0.25, 0.3) is 5.91 Å². The van der Waals surface area contributed by atoms with Crippen molar-refractivity contribution in [3.05, 3.63) is 70.9 Å². The van der Waals surface area contributed by atoms with Crippen LogP contribution in [0.25, 0.3) is 11.1 Å². The van der Waals surface area contributed by atoms with E-state index >= 15 is 0 Å². The normalized spacial score (nSPS) is 10.4. The lowest BCUT2D eigenvalue weighted by molar-refractivity contribution is 0.0529.